The molecule has 0 aliphatic carbocycles. The van der Waals surface area contributed by atoms with Crippen molar-refractivity contribution < 1.29 is 9.90 Å². The number of fused-ring (bicyclic) bond motifs is 1. The number of benzene rings is 1. The topological polar surface area (TPSA) is 75.3 Å². The highest BCUT2D eigenvalue weighted by Gasteiger charge is 2.40. The maximum Gasteiger partial charge on any atom is 0.260 e. The summed E-state index contributed by atoms with van der Waals surface area (Å²) in [5.74, 6) is -0.409. The molecule has 68 valence electrons. The van der Waals surface area contributed by atoms with Crippen LogP contribution in [0.15, 0.2) is 18.2 Å². The third-order valence-corrected chi connectivity index (χ3v) is 2.26. The van der Waals surface area contributed by atoms with Gasteiger partial charge in [-0.2, -0.15) is 0 Å². The van der Waals surface area contributed by atoms with Crippen LogP contribution < -0.4 is 11.1 Å². The lowest BCUT2D eigenvalue weighted by atomic mass is 9.97. The van der Waals surface area contributed by atoms with Crippen LogP contribution in [0, 0.1) is 0 Å². The second-order valence-electron chi connectivity index (χ2n) is 3.33. The summed E-state index contributed by atoms with van der Waals surface area (Å²) in [6.07, 6.45) is 0. The summed E-state index contributed by atoms with van der Waals surface area (Å²) in [5, 5.41) is 12.3. The Balaban J connectivity index is 2.64. The SMILES string of the molecule is C[C@]1(O)C(=O)Nc2ccc(N)cc21. The van der Waals surface area contributed by atoms with Crippen molar-refractivity contribution in [1.82, 2.24) is 0 Å². The molecule has 1 aliphatic heterocycles. The van der Waals surface area contributed by atoms with Gasteiger partial charge in [-0.15, -0.1) is 0 Å². The fourth-order valence-electron chi connectivity index (χ4n) is 1.44. The van der Waals surface area contributed by atoms with Gasteiger partial charge >= 0.3 is 0 Å². The summed E-state index contributed by atoms with van der Waals surface area (Å²) >= 11 is 0. The van der Waals surface area contributed by atoms with Gasteiger partial charge in [0, 0.05) is 16.9 Å². The highest BCUT2D eigenvalue weighted by atomic mass is 16.3. The molecule has 0 spiro atoms. The van der Waals surface area contributed by atoms with Crippen LogP contribution in [0.25, 0.3) is 0 Å². The number of nitrogens with two attached hydrogens (primary N) is 1. The molecular weight excluding hydrogens is 168 g/mol. The summed E-state index contributed by atoms with van der Waals surface area (Å²) in [6.45, 7) is 1.45. The number of aliphatic hydroxyl groups is 1. The first kappa shape index (κ1) is 8.07. The molecule has 4 nitrogen and oxygen atoms in total. The average molecular weight is 178 g/mol. The molecule has 0 unspecified atom stereocenters. The normalized spacial score (nSPS) is 25.5. The van der Waals surface area contributed by atoms with Gasteiger partial charge in [0.15, 0.2) is 5.60 Å². The zero-order valence-electron chi connectivity index (χ0n) is 7.16. The van der Waals surface area contributed by atoms with E-state index >= 15 is 0 Å². The van der Waals surface area contributed by atoms with E-state index in [0.29, 0.717) is 16.9 Å². The van der Waals surface area contributed by atoms with E-state index in [1.807, 2.05) is 0 Å². The third kappa shape index (κ3) is 0.990. The first-order valence-electron chi connectivity index (χ1n) is 3.95. The van der Waals surface area contributed by atoms with Crippen LogP contribution in [0.4, 0.5) is 11.4 Å². The molecule has 1 aromatic carbocycles. The molecule has 0 aromatic heterocycles. The highest BCUT2D eigenvalue weighted by Crippen LogP contribution is 2.36. The number of hydrogen-bond acceptors (Lipinski definition) is 3. The molecule has 1 atom stereocenters. The quantitative estimate of drug-likeness (QED) is 0.504. The van der Waals surface area contributed by atoms with E-state index in [-0.39, 0.29) is 0 Å². The molecule has 4 heteroatoms. The van der Waals surface area contributed by atoms with Crippen molar-refractivity contribution in [2.24, 2.45) is 0 Å². The van der Waals surface area contributed by atoms with Gasteiger partial charge in [0.05, 0.1) is 0 Å². The van der Waals surface area contributed by atoms with Crippen molar-refractivity contribution >= 4 is 17.3 Å². The van der Waals surface area contributed by atoms with Gasteiger partial charge in [0.25, 0.3) is 5.91 Å². The Bertz CT molecular complexity index is 385. The molecule has 0 radical (unpaired) electrons. The van der Waals surface area contributed by atoms with E-state index in [1.54, 1.807) is 18.2 Å². The minimum absolute atomic E-state index is 0.409. The Morgan fingerprint density at radius 3 is 2.92 bits per heavy atom. The van der Waals surface area contributed by atoms with Crippen molar-refractivity contribution in [3.63, 3.8) is 0 Å². The van der Waals surface area contributed by atoms with Crippen molar-refractivity contribution in [2.45, 2.75) is 12.5 Å². The Labute approximate surface area is 75.4 Å². The van der Waals surface area contributed by atoms with Gasteiger partial charge in [-0.25, -0.2) is 0 Å². The Morgan fingerprint density at radius 1 is 1.54 bits per heavy atom. The van der Waals surface area contributed by atoms with Crippen molar-refractivity contribution in [1.29, 1.82) is 0 Å². The highest BCUT2D eigenvalue weighted by molar-refractivity contribution is 6.04. The van der Waals surface area contributed by atoms with Gasteiger partial charge in [0.2, 0.25) is 0 Å². The lowest BCUT2D eigenvalue weighted by molar-refractivity contribution is -0.131. The van der Waals surface area contributed by atoms with Crippen LogP contribution in [-0.2, 0) is 10.4 Å². The molecule has 0 saturated carbocycles. The van der Waals surface area contributed by atoms with Crippen molar-refractivity contribution in [3.05, 3.63) is 23.8 Å². The van der Waals surface area contributed by atoms with Gasteiger partial charge in [-0.3, -0.25) is 4.79 Å². The molecule has 13 heavy (non-hydrogen) atoms. The summed E-state index contributed by atoms with van der Waals surface area (Å²) in [5.41, 5.74) is 5.80. The number of carbonyl (C=O) groups excluding carboxylic acids is 1. The van der Waals surface area contributed by atoms with E-state index in [2.05, 4.69) is 5.32 Å². The summed E-state index contributed by atoms with van der Waals surface area (Å²) in [6, 6.07) is 4.97. The number of anilines is 2. The van der Waals surface area contributed by atoms with Crippen LogP contribution in [-0.4, -0.2) is 11.0 Å². The molecule has 0 saturated heterocycles. The van der Waals surface area contributed by atoms with Gasteiger partial charge in [0.1, 0.15) is 0 Å². The molecule has 2 rings (SSSR count). The van der Waals surface area contributed by atoms with Crippen LogP contribution in [0.2, 0.25) is 0 Å². The number of rotatable bonds is 0. The minimum atomic E-state index is -1.45. The number of carbonyl (C=O) groups is 1. The van der Waals surface area contributed by atoms with Crippen LogP contribution in [0.3, 0.4) is 0 Å². The molecule has 1 amide bonds. The molecule has 4 N–H and O–H groups in total. The Morgan fingerprint density at radius 2 is 2.23 bits per heavy atom. The summed E-state index contributed by atoms with van der Waals surface area (Å²) in [4.78, 5) is 11.3. The summed E-state index contributed by atoms with van der Waals surface area (Å²) in [7, 11) is 0. The predicted octanol–water partition coefficient (Wildman–Crippen LogP) is 0.428. The smallest absolute Gasteiger partial charge is 0.260 e. The van der Waals surface area contributed by atoms with Crippen molar-refractivity contribution in [2.75, 3.05) is 11.1 Å². The molecule has 1 heterocycles. The molecule has 1 aromatic rings. The van der Waals surface area contributed by atoms with Crippen molar-refractivity contribution in [3.8, 4) is 0 Å². The second-order valence-corrected chi connectivity index (χ2v) is 3.33. The molecule has 0 fully saturated rings. The molecule has 1 aliphatic rings. The zero-order valence-corrected chi connectivity index (χ0v) is 7.16. The lowest BCUT2D eigenvalue weighted by Gasteiger charge is -2.13. The van der Waals surface area contributed by atoms with Crippen LogP contribution in [0.5, 0.6) is 0 Å². The van der Waals surface area contributed by atoms with E-state index in [4.69, 9.17) is 5.73 Å². The van der Waals surface area contributed by atoms with Gasteiger partial charge in [-0.05, 0) is 25.1 Å². The number of nitrogens with one attached hydrogen (secondary N) is 1. The number of hydrogen-bond donors (Lipinski definition) is 3. The van der Waals surface area contributed by atoms with E-state index in [1.165, 1.54) is 6.92 Å². The Hall–Kier alpha value is -1.55. The Kier molecular flexibility index (Phi) is 1.38. The number of amides is 1. The maximum atomic E-state index is 11.3. The van der Waals surface area contributed by atoms with Gasteiger partial charge < -0.3 is 16.2 Å². The van der Waals surface area contributed by atoms with Crippen LogP contribution >= 0.6 is 0 Å². The largest absolute Gasteiger partial charge is 0.399 e. The van der Waals surface area contributed by atoms with Crippen LogP contribution in [0.1, 0.15) is 12.5 Å². The van der Waals surface area contributed by atoms with E-state index < -0.39 is 11.5 Å². The monoisotopic (exact) mass is 178 g/mol. The second kappa shape index (κ2) is 2.23. The zero-order chi connectivity index (χ0) is 9.64. The average Bonchev–Trinajstić information content (AvgIpc) is 2.27. The lowest BCUT2D eigenvalue weighted by Crippen LogP contribution is -2.30. The fourth-order valence-corrected chi connectivity index (χ4v) is 1.44. The minimum Gasteiger partial charge on any atom is -0.399 e. The maximum absolute atomic E-state index is 11.3. The standard InChI is InChI=1S/C9H10N2O2/c1-9(13)6-4-5(10)2-3-7(6)11-8(9)12/h2-4,13H,10H2,1H3,(H,11,12)/t9-/m1/s1. The number of nitrogen functional groups attached to an aromatic ring is 1. The first-order valence-corrected chi connectivity index (χ1v) is 3.95. The third-order valence-electron chi connectivity index (χ3n) is 2.26. The van der Waals surface area contributed by atoms with Gasteiger partial charge in [-0.1, -0.05) is 0 Å². The fraction of sp³-hybridized carbons (Fsp3) is 0.222. The van der Waals surface area contributed by atoms with E-state index in [9.17, 15) is 9.90 Å². The molecular formula is C9H10N2O2. The van der Waals surface area contributed by atoms with E-state index in [0.717, 1.165) is 0 Å². The first-order chi connectivity index (χ1) is 6.01. The molecule has 0 bridgehead atoms. The summed E-state index contributed by atoms with van der Waals surface area (Å²) < 4.78 is 0. The predicted molar refractivity (Wildman–Crippen MR) is 49.1 cm³/mol.